The van der Waals surface area contributed by atoms with Crippen molar-refractivity contribution in [3.05, 3.63) is 68.6 Å². The zero-order chi connectivity index (χ0) is 25.1. The molecule has 6 nitrogen and oxygen atoms in total. The van der Waals surface area contributed by atoms with E-state index < -0.39 is 17.6 Å². The van der Waals surface area contributed by atoms with E-state index in [1.54, 1.807) is 18.5 Å². The third kappa shape index (κ3) is 7.21. The molecule has 0 radical (unpaired) electrons. The molecule has 1 amide bonds. The summed E-state index contributed by atoms with van der Waals surface area (Å²) >= 11 is 4.78. The van der Waals surface area contributed by atoms with Gasteiger partial charge in [0, 0.05) is 29.3 Å². The molecule has 180 valence electrons. The van der Waals surface area contributed by atoms with Crippen molar-refractivity contribution in [2.45, 2.75) is 65.0 Å². The van der Waals surface area contributed by atoms with Crippen LogP contribution in [0.25, 0.3) is 11.4 Å². The molecule has 0 spiro atoms. The number of nitrogens with zero attached hydrogens (tertiary/aromatic N) is 2. The minimum Gasteiger partial charge on any atom is -0.458 e. The largest absolute Gasteiger partial charge is 0.458 e. The minimum atomic E-state index is -0.818. The van der Waals surface area contributed by atoms with E-state index in [-0.39, 0.29) is 11.3 Å². The number of thiophene rings is 1. The smallest absolute Gasteiger partial charge is 0.329 e. The van der Waals surface area contributed by atoms with Crippen LogP contribution in [0.2, 0.25) is 0 Å². The average Bonchev–Trinajstić information content (AvgIpc) is 3.24. The molecule has 3 rings (SSSR count). The van der Waals surface area contributed by atoms with Crippen LogP contribution in [0.1, 0.15) is 61.7 Å². The van der Waals surface area contributed by atoms with Crippen LogP contribution >= 0.6 is 27.3 Å². The molecule has 1 atom stereocenters. The van der Waals surface area contributed by atoms with E-state index in [1.807, 2.05) is 51.1 Å². The molecule has 2 aromatic heterocycles. The van der Waals surface area contributed by atoms with Crippen molar-refractivity contribution in [3.8, 4) is 11.4 Å². The maximum absolute atomic E-state index is 13.0. The van der Waals surface area contributed by atoms with Crippen molar-refractivity contribution >= 4 is 39.1 Å². The summed E-state index contributed by atoms with van der Waals surface area (Å²) in [5.41, 5.74) is 1.04. The average molecular weight is 545 g/mol. The van der Waals surface area contributed by atoms with Crippen molar-refractivity contribution in [3.63, 3.8) is 0 Å². The quantitative estimate of drug-likeness (QED) is 0.388. The number of nitrogens with one attached hydrogen (secondary N) is 1. The third-order valence-electron chi connectivity index (χ3n) is 4.84. The number of aromatic nitrogens is 2. The lowest BCUT2D eigenvalue weighted by Crippen LogP contribution is -2.45. The van der Waals surface area contributed by atoms with E-state index >= 15 is 0 Å². The molecule has 0 fully saturated rings. The van der Waals surface area contributed by atoms with Crippen LogP contribution in [-0.2, 0) is 21.4 Å². The number of amides is 1. The molecule has 1 aromatic carbocycles. The van der Waals surface area contributed by atoms with Gasteiger partial charge in [0.2, 0.25) is 0 Å². The molecule has 0 saturated heterocycles. The van der Waals surface area contributed by atoms with Crippen molar-refractivity contribution in [2.75, 3.05) is 0 Å². The van der Waals surface area contributed by atoms with Crippen LogP contribution in [0, 0.1) is 0 Å². The third-order valence-corrected chi connectivity index (χ3v) is 6.76. The topological polar surface area (TPSA) is 81.2 Å². The number of esters is 1. The van der Waals surface area contributed by atoms with Crippen molar-refractivity contribution in [1.29, 1.82) is 0 Å². The zero-order valence-electron chi connectivity index (χ0n) is 20.3. The van der Waals surface area contributed by atoms with Crippen molar-refractivity contribution in [2.24, 2.45) is 0 Å². The van der Waals surface area contributed by atoms with Crippen LogP contribution < -0.4 is 5.32 Å². The van der Waals surface area contributed by atoms with Gasteiger partial charge in [0.1, 0.15) is 11.6 Å². The summed E-state index contributed by atoms with van der Waals surface area (Å²) in [4.78, 5) is 36.3. The second-order valence-corrected chi connectivity index (χ2v) is 12.1. The molecule has 34 heavy (non-hydrogen) atoms. The molecule has 8 heteroatoms. The Morgan fingerprint density at radius 1 is 1.00 bits per heavy atom. The number of benzene rings is 1. The molecule has 0 aliphatic heterocycles. The Hall–Kier alpha value is -2.58. The molecule has 3 aromatic rings. The van der Waals surface area contributed by atoms with Gasteiger partial charge in [-0.2, -0.15) is 0 Å². The van der Waals surface area contributed by atoms with Crippen LogP contribution in [0.5, 0.6) is 0 Å². The van der Waals surface area contributed by atoms with E-state index in [0.29, 0.717) is 17.1 Å². The SMILES string of the molecule is CC(C)(C)OC(=O)[C@@H](Cc1ccc(-c2ncc(Br)cn2)cc1)NC(=O)c1ccc(C(C)(C)C)s1. The fourth-order valence-electron chi connectivity index (χ4n) is 3.15. The lowest BCUT2D eigenvalue weighted by atomic mass is 9.95. The molecular formula is C26H30BrN3O3S. The molecule has 0 aliphatic carbocycles. The monoisotopic (exact) mass is 543 g/mol. The summed E-state index contributed by atoms with van der Waals surface area (Å²) in [5, 5.41) is 2.89. The van der Waals surface area contributed by atoms with E-state index in [4.69, 9.17) is 4.74 Å². The van der Waals surface area contributed by atoms with E-state index in [2.05, 4.69) is 52.0 Å². The highest BCUT2D eigenvalue weighted by Crippen LogP contribution is 2.29. The molecule has 2 heterocycles. The summed E-state index contributed by atoms with van der Waals surface area (Å²) in [7, 11) is 0. The Labute approximate surface area is 213 Å². The van der Waals surface area contributed by atoms with Gasteiger partial charge in [-0.05, 0) is 59.8 Å². The molecular weight excluding hydrogens is 514 g/mol. The molecule has 0 bridgehead atoms. The first-order chi connectivity index (χ1) is 15.8. The van der Waals surface area contributed by atoms with E-state index in [1.165, 1.54) is 11.3 Å². The maximum Gasteiger partial charge on any atom is 0.329 e. The van der Waals surface area contributed by atoms with Gasteiger partial charge in [0.05, 0.1) is 9.35 Å². The Kier molecular flexibility index (Phi) is 7.93. The van der Waals surface area contributed by atoms with Gasteiger partial charge in [-0.3, -0.25) is 4.79 Å². The van der Waals surface area contributed by atoms with E-state index in [0.717, 1.165) is 20.5 Å². The first-order valence-corrected chi connectivity index (χ1v) is 12.6. The van der Waals surface area contributed by atoms with Gasteiger partial charge < -0.3 is 10.1 Å². The number of carbonyl (C=O) groups is 2. The number of carbonyl (C=O) groups excluding carboxylic acids is 2. The number of rotatable bonds is 6. The van der Waals surface area contributed by atoms with Crippen molar-refractivity contribution in [1.82, 2.24) is 15.3 Å². The fourth-order valence-corrected chi connectivity index (χ4v) is 4.32. The van der Waals surface area contributed by atoms with Crippen LogP contribution in [0.4, 0.5) is 0 Å². The van der Waals surface area contributed by atoms with Crippen LogP contribution in [0.15, 0.2) is 53.3 Å². The predicted molar refractivity (Wildman–Crippen MR) is 139 cm³/mol. The maximum atomic E-state index is 13.0. The Morgan fingerprint density at radius 3 is 2.15 bits per heavy atom. The normalized spacial score (nSPS) is 12.8. The standard InChI is InChI=1S/C26H30BrN3O3S/c1-25(2,3)21-12-11-20(34-21)23(31)30-19(24(32)33-26(4,5)6)13-16-7-9-17(10-8-16)22-28-14-18(27)15-29-22/h7-12,14-15,19H,13H2,1-6H3,(H,30,31)/t19-/m1/s1. The van der Waals surface area contributed by atoms with Crippen LogP contribution in [-0.4, -0.2) is 33.5 Å². The summed E-state index contributed by atoms with van der Waals surface area (Å²) in [5.74, 6) is -0.135. The van der Waals surface area contributed by atoms with Gasteiger partial charge in [-0.15, -0.1) is 11.3 Å². The fraction of sp³-hybridized carbons (Fsp3) is 0.385. The Bertz CT molecular complexity index is 1140. The summed E-state index contributed by atoms with van der Waals surface area (Å²) < 4.78 is 6.41. The second kappa shape index (κ2) is 10.4. The predicted octanol–water partition coefficient (Wildman–Crippen LogP) is 5.95. The second-order valence-electron chi connectivity index (χ2n) is 10.1. The number of hydrogen-bond donors (Lipinski definition) is 1. The van der Waals surface area contributed by atoms with E-state index in [9.17, 15) is 9.59 Å². The highest BCUT2D eigenvalue weighted by molar-refractivity contribution is 9.10. The lowest BCUT2D eigenvalue weighted by molar-refractivity contribution is -0.157. The van der Waals surface area contributed by atoms with Gasteiger partial charge in [0.25, 0.3) is 5.91 Å². The van der Waals surface area contributed by atoms with Gasteiger partial charge in [0.15, 0.2) is 5.82 Å². The number of hydrogen-bond acceptors (Lipinski definition) is 6. The van der Waals surface area contributed by atoms with Gasteiger partial charge in [-0.25, -0.2) is 14.8 Å². The van der Waals surface area contributed by atoms with Gasteiger partial charge in [-0.1, -0.05) is 45.0 Å². The lowest BCUT2D eigenvalue weighted by Gasteiger charge is -2.24. The first-order valence-electron chi connectivity index (χ1n) is 11.0. The summed E-state index contributed by atoms with van der Waals surface area (Å²) in [6, 6.07) is 10.6. The zero-order valence-corrected chi connectivity index (χ0v) is 22.7. The Balaban J connectivity index is 1.79. The first kappa shape index (κ1) is 26.0. The van der Waals surface area contributed by atoms with Crippen molar-refractivity contribution < 1.29 is 14.3 Å². The molecule has 0 saturated carbocycles. The van der Waals surface area contributed by atoms with Gasteiger partial charge >= 0.3 is 5.97 Å². The number of ether oxygens (including phenoxy) is 1. The highest BCUT2D eigenvalue weighted by atomic mass is 79.9. The summed E-state index contributed by atoms with van der Waals surface area (Å²) in [6.07, 6.45) is 3.69. The molecule has 0 aliphatic rings. The van der Waals surface area contributed by atoms with Crippen LogP contribution in [0.3, 0.4) is 0 Å². The number of halogens is 1. The Morgan fingerprint density at radius 2 is 1.62 bits per heavy atom. The molecule has 1 N–H and O–H groups in total. The molecule has 0 unspecified atom stereocenters. The minimum absolute atomic E-state index is 0.0476. The highest BCUT2D eigenvalue weighted by Gasteiger charge is 2.28. The summed E-state index contributed by atoms with van der Waals surface area (Å²) in [6.45, 7) is 11.7.